The molecule has 0 aromatic carbocycles. The van der Waals surface area contributed by atoms with Gasteiger partial charge in [-0.15, -0.1) is 11.3 Å². The molecule has 1 aliphatic rings. The normalized spacial score (nSPS) is 17.0. The van der Waals surface area contributed by atoms with Gasteiger partial charge < -0.3 is 10.1 Å². The minimum absolute atomic E-state index is 0.0254. The Morgan fingerprint density at radius 3 is 2.94 bits per heavy atom. The molecule has 0 radical (unpaired) electrons. The van der Waals surface area contributed by atoms with Crippen LogP contribution in [-0.4, -0.2) is 50.2 Å². The van der Waals surface area contributed by atoms with Gasteiger partial charge in [0, 0.05) is 31.6 Å². The van der Waals surface area contributed by atoms with E-state index in [0.717, 1.165) is 41.3 Å². The number of morpholine rings is 1. The topological polar surface area (TPSA) is 41.6 Å². The number of nitrogens with zero attached hydrogens (tertiary/aromatic N) is 1. The number of halogens is 1. The van der Waals surface area contributed by atoms with Crippen molar-refractivity contribution in [2.75, 3.05) is 39.4 Å². The Balaban J connectivity index is 1.69. The van der Waals surface area contributed by atoms with E-state index in [1.54, 1.807) is 11.3 Å². The monoisotopic (exact) mass is 366 g/mol. The highest BCUT2D eigenvalue weighted by Crippen LogP contribution is 2.16. The van der Waals surface area contributed by atoms with Gasteiger partial charge in [-0.3, -0.25) is 9.69 Å². The molecular weight excluding hydrogens is 351 g/mol. The van der Waals surface area contributed by atoms with Crippen molar-refractivity contribution in [2.45, 2.75) is 0 Å². The lowest BCUT2D eigenvalue weighted by molar-refractivity contribution is 0.0383. The molecular formula is C11H15IN2O2S. The molecule has 94 valence electrons. The Kier molecular flexibility index (Phi) is 5.20. The van der Waals surface area contributed by atoms with Crippen LogP contribution in [0.1, 0.15) is 10.4 Å². The zero-order valence-corrected chi connectivity index (χ0v) is 12.4. The average Bonchev–Trinajstić information content (AvgIpc) is 2.77. The standard InChI is InChI=1S/C11H15IN2O2S/c12-10-7-9(8-17-10)11(15)13-1-2-14-3-5-16-6-4-14/h7-8H,1-6H2,(H,13,15). The fourth-order valence-electron chi connectivity index (χ4n) is 1.68. The van der Waals surface area contributed by atoms with E-state index >= 15 is 0 Å². The molecule has 1 aromatic heterocycles. The molecule has 0 saturated carbocycles. The molecule has 1 aromatic rings. The number of hydrogen-bond donors (Lipinski definition) is 1. The molecule has 0 atom stereocenters. The minimum Gasteiger partial charge on any atom is -0.379 e. The van der Waals surface area contributed by atoms with E-state index in [1.165, 1.54) is 0 Å². The summed E-state index contributed by atoms with van der Waals surface area (Å²) in [4.78, 5) is 14.1. The molecule has 6 heteroatoms. The Labute approximate surface area is 118 Å². The molecule has 0 spiro atoms. The number of nitrogens with one attached hydrogen (secondary N) is 1. The minimum atomic E-state index is 0.0254. The Morgan fingerprint density at radius 2 is 2.29 bits per heavy atom. The van der Waals surface area contributed by atoms with Crippen LogP contribution >= 0.6 is 33.9 Å². The lowest BCUT2D eigenvalue weighted by atomic mass is 10.3. The van der Waals surface area contributed by atoms with Crippen molar-refractivity contribution in [3.63, 3.8) is 0 Å². The van der Waals surface area contributed by atoms with E-state index in [-0.39, 0.29) is 5.91 Å². The van der Waals surface area contributed by atoms with Crippen LogP contribution in [0.4, 0.5) is 0 Å². The van der Waals surface area contributed by atoms with Gasteiger partial charge in [0.25, 0.3) is 5.91 Å². The van der Waals surface area contributed by atoms with Crippen molar-refractivity contribution >= 4 is 39.8 Å². The first-order valence-electron chi connectivity index (χ1n) is 5.58. The summed E-state index contributed by atoms with van der Waals surface area (Å²) < 4.78 is 6.41. The third-order valence-electron chi connectivity index (χ3n) is 2.65. The highest BCUT2D eigenvalue weighted by Gasteiger charge is 2.11. The lowest BCUT2D eigenvalue weighted by Gasteiger charge is -2.26. The summed E-state index contributed by atoms with van der Waals surface area (Å²) in [6.45, 7) is 5.13. The zero-order valence-electron chi connectivity index (χ0n) is 9.45. The van der Waals surface area contributed by atoms with Crippen molar-refractivity contribution in [1.29, 1.82) is 0 Å². The van der Waals surface area contributed by atoms with Crippen LogP contribution in [0.25, 0.3) is 0 Å². The first-order chi connectivity index (χ1) is 8.25. The predicted octanol–water partition coefficient (Wildman–Crippen LogP) is 1.41. The van der Waals surface area contributed by atoms with Crippen LogP contribution in [0.2, 0.25) is 0 Å². The molecule has 0 aliphatic carbocycles. The van der Waals surface area contributed by atoms with Crippen LogP contribution in [0.5, 0.6) is 0 Å². The van der Waals surface area contributed by atoms with Crippen LogP contribution in [0.15, 0.2) is 11.4 Å². The van der Waals surface area contributed by atoms with E-state index in [0.29, 0.717) is 6.54 Å². The second-order valence-corrected chi connectivity index (χ2v) is 6.65. The van der Waals surface area contributed by atoms with Crippen LogP contribution in [0.3, 0.4) is 0 Å². The molecule has 4 nitrogen and oxygen atoms in total. The first kappa shape index (κ1) is 13.3. The molecule has 0 unspecified atom stereocenters. The number of ether oxygens (including phenoxy) is 1. The van der Waals surface area contributed by atoms with Crippen LogP contribution in [-0.2, 0) is 4.74 Å². The molecule has 2 heterocycles. The van der Waals surface area contributed by atoms with Gasteiger partial charge in [-0.2, -0.15) is 0 Å². The zero-order chi connectivity index (χ0) is 12.1. The molecule has 1 fully saturated rings. The highest BCUT2D eigenvalue weighted by molar-refractivity contribution is 14.1. The third-order valence-corrected chi connectivity index (χ3v) is 4.44. The highest BCUT2D eigenvalue weighted by atomic mass is 127. The van der Waals surface area contributed by atoms with Crippen LogP contribution < -0.4 is 5.32 Å². The van der Waals surface area contributed by atoms with E-state index in [9.17, 15) is 4.79 Å². The number of carbonyl (C=O) groups is 1. The molecule has 0 bridgehead atoms. The number of carbonyl (C=O) groups excluding carboxylic acids is 1. The van der Waals surface area contributed by atoms with Gasteiger partial charge in [0.15, 0.2) is 0 Å². The second-order valence-electron chi connectivity index (χ2n) is 3.85. The van der Waals surface area contributed by atoms with Crippen LogP contribution in [0, 0.1) is 2.88 Å². The van der Waals surface area contributed by atoms with Gasteiger partial charge in [-0.1, -0.05) is 0 Å². The fourth-order valence-corrected chi connectivity index (χ4v) is 3.01. The Bertz CT molecular complexity index is 377. The predicted molar refractivity (Wildman–Crippen MR) is 76.6 cm³/mol. The van der Waals surface area contributed by atoms with E-state index < -0.39 is 0 Å². The number of rotatable bonds is 4. The molecule has 1 saturated heterocycles. The summed E-state index contributed by atoms with van der Waals surface area (Å²) in [6, 6.07) is 1.91. The van der Waals surface area contributed by atoms with Crippen molar-refractivity contribution < 1.29 is 9.53 Å². The SMILES string of the molecule is O=C(NCCN1CCOCC1)c1csc(I)c1. The molecule has 2 rings (SSSR count). The molecule has 1 amide bonds. The maximum absolute atomic E-state index is 11.7. The summed E-state index contributed by atoms with van der Waals surface area (Å²) in [5.41, 5.74) is 0.765. The number of thiophene rings is 1. The fraction of sp³-hybridized carbons (Fsp3) is 0.545. The van der Waals surface area contributed by atoms with Gasteiger partial charge in [0.2, 0.25) is 0 Å². The van der Waals surface area contributed by atoms with Gasteiger partial charge in [0.1, 0.15) is 0 Å². The van der Waals surface area contributed by atoms with Crippen molar-refractivity contribution in [3.8, 4) is 0 Å². The maximum atomic E-state index is 11.7. The lowest BCUT2D eigenvalue weighted by Crippen LogP contribution is -2.41. The second kappa shape index (κ2) is 6.67. The average molecular weight is 366 g/mol. The van der Waals surface area contributed by atoms with Gasteiger partial charge >= 0.3 is 0 Å². The Hall–Kier alpha value is -0.180. The summed E-state index contributed by atoms with van der Waals surface area (Å²) >= 11 is 3.82. The smallest absolute Gasteiger partial charge is 0.252 e. The van der Waals surface area contributed by atoms with Gasteiger partial charge in [0.05, 0.1) is 21.7 Å². The largest absolute Gasteiger partial charge is 0.379 e. The maximum Gasteiger partial charge on any atom is 0.252 e. The summed E-state index contributed by atoms with van der Waals surface area (Å²) in [5.74, 6) is 0.0254. The summed E-state index contributed by atoms with van der Waals surface area (Å²) in [5, 5.41) is 4.84. The number of amides is 1. The Morgan fingerprint density at radius 1 is 1.53 bits per heavy atom. The van der Waals surface area contributed by atoms with E-state index in [2.05, 4.69) is 32.8 Å². The molecule has 1 aliphatic heterocycles. The van der Waals surface area contributed by atoms with Crippen molar-refractivity contribution in [2.24, 2.45) is 0 Å². The van der Waals surface area contributed by atoms with E-state index in [1.807, 2.05) is 11.4 Å². The molecule has 1 N–H and O–H groups in total. The van der Waals surface area contributed by atoms with Crippen molar-refractivity contribution in [1.82, 2.24) is 10.2 Å². The van der Waals surface area contributed by atoms with Gasteiger partial charge in [-0.25, -0.2) is 0 Å². The third kappa shape index (κ3) is 4.20. The summed E-state index contributed by atoms with van der Waals surface area (Å²) in [7, 11) is 0. The first-order valence-corrected chi connectivity index (χ1v) is 7.54. The quantitative estimate of drug-likeness (QED) is 0.820. The summed E-state index contributed by atoms with van der Waals surface area (Å²) in [6.07, 6.45) is 0. The van der Waals surface area contributed by atoms with Crippen molar-refractivity contribution in [3.05, 3.63) is 19.9 Å². The van der Waals surface area contributed by atoms with E-state index in [4.69, 9.17) is 4.74 Å². The van der Waals surface area contributed by atoms with Gasteiger partial charge in [-0.05, 0) is 28.7 Å². The molecule has 17 heavy (non-hydrogen) atoms. The number of hydrogen-bond acceptors (Lipinski definition) is 4.